The highest BCUT2D eigenvalue weighted by molar-refractivity contribution is 5.80. The summed E-state index contributed by atoms with van der Waals surface area (Å²) in [5.41, 5.74) is 1.45. The lowest BCUT2D eigenvalue weighted by molar-refractivity contribution is -0.137. The average molecular weight is 430 g/mol. The molecule has 7 nitrogen and oxygen atoms in total. The van der Waals surface area contributed by atoms with Gasteiger partial charge in [0.25, 0.3) is 0 Å². The van der Waals surface area contributed by atoms with Crippen molar-refractivity contribution in [2.45, 2.75) is 37.9 Å². The first-order chi connectivity index (χ1) is 14.9. The topological polar surface area (TPSA) is 78.6 Å². The van der Waals surface area contributed by atoms with E-state index in [9.17, 15) is 18.3 Å². The zero-order valence-corrected chi connectivity index (χ0v) is 16.6. The van der Waals surface area contributed by atoms with Crippen LogP contribution >= 0.6 is 0 Å². The fourth-order valence-corrected chi connectivity index (χ4v) is 4.13. The molecule has 162 valence electrons. The van der Waals surface area contributed by atoms with Gasteiger partial charge in [0.15, 0.2) is 0 Å². The highest BCUT2D eigenvalue weighted by atomic mass is 19.4. The van der Waals surface area contributed by atoms with Gasteiger partial charge in [0, 0.05) is 30.4 Å². The minimum absolute atomic E-state index is 0.165. The molecule has 1 atom stereocenters. The molecule has 0 bridgehead atoms. The Morgan fingerprint density at radius 2 is 2.00 bits per heavy atom. The number of hydrogen-bond acceptors (Lipinski definition) is 6. The molecule has 0 radical (unpaired) electrons. The predicted molar refractivity (Wildman–Crippen MR) is 108 cm³/mol. The molecule has 1 aliphatic carbocycles. The fraction of sp³-hybridized carbons (Fsp3) is 0.381. The van der Waals surface area contributed by atoms with E-state index in [-0.39, 0.29) is 17.3 Å². The second-order valence-corrected chi connectivity index (χ2v) is 7.89. The molecule has 0 amide bonds. The van der Waals surface area contributed by atoms with Crippen molar-refractivity contribution in [3.63, 3.8) is 0 Å². The maximum Gasteiger partial charge on any atom is 0.416 e. The third-order valence-corrected chi connectivity index (χ3v) is 5.85. The van der Waals surface area contributed by atoms with Crippen LogP contribution in [0.2, 0.25) is 0 Å². The van der Waals surface area contributed by atoms with Crippen molar-refractivity contribution in [2.75, 3.05) is 18.4 Å². The quantitative estimate of drug-likeness (QED) is 0.650. The van der Waals surface area contributed by atoms with Crippen LogP contribution in [0.5, 0.6) is 5.75 Å². The summed E-state index contributed by atoms with van der Waals surface area (Å²) in [6, 6.07) is 4.69. The number of hydrogen-bond donors (Lipinski definition) is 2. The van der Waals surface area contributed by atoms with Gasteiger partial charge >= 0.3 is 6.18 Å². The number of aromatic nitrogens is 4. The molecule has 5 rings (SSSR count). The predicted octanol–water partition coefficient (Wildman–Crippen LogP) is 4.07. The Balaban J connectivity index is 1.43. The van der Waals surface area contributed by atoms with Gasteiger partial charge in [-0.25, -0.2) is 0 Å². The number of rotatable bonds is 4. The summed E-state index contributed by atoms with van der Waals surface area (Å²) in [4.78, 5) is 2.40. The van der Waals surface area contributed by atoms with E-state index in [1.165, 1.54) is 11.8 Å². The largest absolute Gasteiger partial charge is 0.507 e. The lowest BCUT2D eigenvalue weighted by Crippen LogP contribution is -2.42. The molecule has 10 heteroatoms. The Hall–Kier alpha value is -3.30. The highest BCUT2D eigenvalue weighted by Crippen LogP contribution is 2.37. The summed E-state index contributed by atoms with van der Waals surface area (Å²) < 4.78 is 40.3. The standard InChI is InChI=1S/C21H21F3N6O/c22-21(23,24)13-6-7-16(18(31)11-13)19-17-8-9-25-30(17)20(28-27-19)26-14-3-2-10-29(12-14)15-4-1-5-15/h4,6-9,11,14,31H,1-3,5,10,12H2,(H,26,28). The van der Waals surface area contributed by atoms with E-state index in [4.69, 9.17) is 0 Å². The number of fused-ring (bicyclic) bond motifs is 1. The molecule has 1 aromatic carbocycles. The third kappa shape index (κ3) is 3.66. The summed E-state index contributed by atoms with van der Waals surface area (Å²) in [5.74, 6) is -0.0470. The summed E-state index contributed by atoms with van der Waals surface area (Å²) in [5, 5.41) is 26.4. The number of alkyl halides is 3. The van der Waals surface area contributed by atoms with Crippen LogP contribution in [0.1, 0.15) is 31.2 Å². The zero-order chi connectivity index (χ0) is 21.6. The van der Waals surface area contributed by atoms with E-state index < -0.39 is 17.5 Å². The normalized spacial score (nSPS) is 19.3. The van der Waals surface area contributed by atoms with Gasteiger partial charge in [0.05, 0.1) is 17.3 Å². The first kappa shape index (κ1) is 19.7. The molecule has 1 fully saturated rings. The van der Waals surface area contributed by atoms with E-state index in [2.05, 4.69) is 31.6 Å². The van der Waals surface area contributed by atoms with Gasteiger partial charge in [-0.2, -0.15) is 22.8 Å². The van der Waals surface area contributed by atoms with Crippen LogP contribution in [-0.2, 0) is 6.18 Å². The van der Waals surface area contributed by atoms with E-state index >= 15 is 0 Å². The molecule has 1 aliphatic heterocycles. The van der Waals surface area contributed by atoms with E-state index in [1.807, 2.05) is 0 Å². The third-order valence-electron chi connectivity index (χ3n) is 5.85. The molecule has 0 saturated carbocycles. The van der Waals surface area contributed by atoms with Crippen LogP contribution in [0.4, 0.5) is 19.1 Å². The average Bonchev–Trinajstić information content (AvgIpc) is 3.17. The Morgan fingerprint density at radius 3 is 2.71 bits per heavy atom. The molecule has 1 saturated heterocycles. The first-order valence-corrected chi connectivity index (χ1v) is 10.2. The van der Waals surface area contributed by atoms with E-state index in [0.717, 1.165) is 44.8 Å². The highest BCUT2D eigenvalue weighted by Gasteiger charge is 2.31. The molecule has 3 heterocycles. The van der Waals surface area contributed by atoms with Gasteiger partial charge < -0.3 is 15.3 Å². The summed E-state index contributed by atoms with van der Waals surface area (Å²) in [6.07, 6.45) is 3.63. The van der Waals surface area contributed by atoms with Crippen LogP contribution in [0, 0.1) is 0 Å². The molecule has 1 unspecified atom stereocenters. The van der Waals surface area contributed by atoms with Crippen LogP contribution < -0.4 is 5.32 Å². The number of likely N-dealkylation sites (tertiary alicyclic amines) is 1. The van der Waals surface area contributed by atoms with Crippen molar-refractivity contribution in [3.8, 4) is 17.0 Å². The second-order valence-electron chi connectivity index (χ2n) is 7.89. The van der Waals surface area contributed by atoms with Gasteiger partial charge in [0.1, 0.15) is 11.4 Å². The maximum absolute atomic E-state index is 12.9. The molecule has 0 spiro atoms. The lowest BCUT2D eigenvalue weighted by atomic mass is 9.99. The van der Waals surface area contributed by atoms with Gasteiger partial charge in [-0.3, -0.25) is 0 Å². The molecule has 2 N–H and O–H groups in total. The van der Waals surface area contributed by atoms with Gasteiger partial charge in [-0.15, -0.1) is 10.2 Å². The van der Waals surface area contributed by atoms with Gasteiger partial charge in [-0.1, -0.05) is 6.08 Å². The first-order valence-electron chi connectivity index (χ1n) is 10.2. The van der Waals surface area contributed by atoms with Crippen LogP contribution in [0.3, 0.4) is 0 Å². The van der Waals surface area contributed by atoms with E-state index in [0.29, 0.717) is 17.5 Å². The number of anilines is 1. The number of allylic oxidation sites excluding steroid dienone is 2. The summed E-state index contributed by atoms with van der Waals surface area (Å²) in [7, 11) is 0. The molecule has 31 heavy (non-hydrogen) atoms. The Kier molecular flexibility index (Phi) is 4.71. The van der Waals surface area contributed by atoms with Crippen LogP contribution in [-0.4, -0.2) is 48.9 Å². The molecule has 2 aliphatic rings. The molecule has 2 aromatic heterocycles. The van der Waals surface area contributed by atoms with Crippen molar-refractivity contribution in [2.24, 2.45) is 0 Å². The number of phenolic OH excluding ortho intramolecular Hbond substituents is 1. The SMILES string of the molecule is Oc1cc(C(F)(F)F)ccc1-c1nnc(NC2CCCN(C3=CCC3)C2)n2nccc12. The summed E-state index contributed by atoms with van der Waals surface area (Å²) in [6.45, 7) is 1.93. The minimum atomic E-state index is -4.54. The second kappa shape index (κ2) is 7.44. The lowest BCUT2D eigenvalue weighted by Gasteiger charge is -2.38. The van der Waals surface area contributed by atoms with Gasteiger partial charge in [-0.05, 0) is 49.9 Å². The number of aromatic hydroxyl groups is 1. The molecular weight excluding hydrogens is 409 g/mol. The zero-order valence-electron chi connectivity index (χ0n) is 16.6. The number of nitrogens with zero attached hydrogens (tertiary/aromatic N) is 5. The number of halogens is 3. The summed E-state index contributed by atoms with van der Waals surface area (Å²) >= 11 is 0. The van der Waals surface area contributed by atoms with Crippen molar-refractivity contribution in [1.29, 1.82) is 0 Å². The number of benzene rings is 1. The molecular formula is C21H21F3N6O. The van der Waals surface area contributed by atoms with Crippen molar-refractivity contribution in [1.82, 2.24) is 24.7 Å². The van der Waals surface area contributed by atoms with Crippen LogP contribution in [0.25, 0.3) is 16.8 Å². The number of piperidine rings is 1. The number of nitrogens with one attached hydrogen (secondary N) is 1. The number of phenols is 1. The fourth-order valence-electron chi connectivity index (χ4n) is 4.13. The monoisotopic (exact) mass is 430 g/mol. The van der Waals surface area contributed by atoms with Crippen molar-refractivity contribution in [3.05, 3.63) is 47.8 Å². The maximum atomic E-state index is 12.9. The minimum Gasteiger partial charge on any atom is -0.507 e. The Morgan fingerprint density at radius 1 is 1.16 bits per heavy atom. The molecule has 3 aromatic rings. The smallest absolute Gasteiger partial charge is 0.416 e. The van der Waals surface area contributed by atoms with Gasteiger partial charge in [0.2, 0.25) is 5.95 Å². The van der Waals surface area contributed by atoms with Crippen molar-refractivity contribution >= 4 is 11.5 Å². The van der Waals surface area contributed by atoms with E-state index in [1.54, 1.807) is 16.8 Å². The Bertz CT molecular complexity index is 1160. The Labute approximate surface area is 176 Å². The van der Waals surface area contributed by atoms with Crippen LogP contribution in [0.15, 0.2) is 42.2 Å². The van der Waals surface area contributed by atoms with Crippen molar-refractivity contribution < 1.29 is 18.3 Å².